The first kappa shape index (κ1) is 20.5. The van der Waals surface area contributed by atoms with Crippen molar-refractivity contribution in [1.82, 2.24) is 10.2 Å². The SMILES string of the molecule is COc1cccc(OC)c1C(=O)N[C@@H](C)C(=O)N1CCN(c2ccccc2)CC1. The standard InChI is InChI=1S/C22H27N3O4/c1-16(23-21(26)20-18(28-2)10-7-11-19(20)29-3)22(27)25-14-12-24(13-15-25)17-8-5-4-6-9-17/h4-11,16H,12-15H2,1-3H3,(H,23,26)/t16-/m0/s1. The number of hydrogen-bond acceptors (Lipinski definition) is 5. The van der Waals surface area contributed by atoms with Gasteiger partial charge in [0.15, 0.2) is 0 Å². The number of amides is 2. The normalized spacial score (nSPS) is 14.9. The molecular formula is C22H27N3O4. The Hall–Kier alpha value is -3.22. The van der Waals surface area contributed by atoms with Gasteiger partial charge in [-0.15, -0.1) is 0 Å². The van der Waals surface area contributed by atoms with E-state index < -0.39 is 11.9 Å². The molecular weight excluding hydrogens is 370 g/mol. The van der Waals surface area contributed by atoms with Crippen molar-refractivity contribution < 1.29 is 19.1 Å². The zero-order valence-electron chi connectivity index (χ0n) is 17.1. The van der Waals surface area contributed by atoms with Crippen LogP contribution < -0.4 is 19.7 Å². The van der Waals surface area contributed by atoms with Gasteiger partial charge in [0.05, 0.1) is 14.2 Å². The van der Waals surface area contributed by atoms with Crippen LogP contribution >= 0.6 is 0 Å². The maximum Gasteiger partial charge on any atom is 0.259 e. The molecule has 1 fully saturated rings. The van der Waals surface area contributed by atoms with Crippen LogP contribution in [-0.4, -0.2) is 63.2 Å². The van der Waals surface area contributed by atoms with E-state index in [9.17, 15) is 9.59 Å². The molecule has 29 heavy (non-hydrogen) atoms. The third-order valence-corrected chi connectivity index (χ3v) is 5.09. The Balaban J connectivity index is 1.61. The lowest BCUT2D eigenvalue weighted by Gasteiger charge is -2.37. The van der Waals surface area contributed by atoms with E-state index in [0.29, 0.717) is 24.6 Å². The fraction of sp³-hybridized carbons (Fsp3) is 0.364. The first-order valence-corrected chi connectivity index (χ1v) is 9.65. The van der Waals surface area contributed by atoms with Gasteiger partial charge in [-0.1, -0.05) is 24.3 Å². The third kappa shape index (κ3) is 4.62. The summed E-state index contributed by atoms with van der Waals surface area (Å²) >= 11 is 0. The second-order valence-corrected chi connectivity index (χ2v) is 6.88. The molecule has 0 bridgehead atoms. The van der Waals surface area contributed by atoms with E-state index in [0.717, 1.165) is 18.8 Å². The number of piperazine rings is 1. The largest absolute Gasteiger partial charge is 0.496 e. The Morgan fingerprint density at radius 1 is 0.897 bits per heavy atom. The molecule has 2 aromatic carbocycles. The summed E-state index contributed by atoms with van der Waals surface area (Å²) in [6, 6.07) is 14.6. The first-order valence-electron chi connectivity index (χ1n) is 9.65. The van der Waals surface area contributed by atoms with E-state index in [-0.39, 0.29) is 11.5 Å². The maximum absolute atomic E-state index is 12.8. The molecule has 0 spiro atoms. The average Bonchev–Trinajstić information content (AvgIpc) is 2.78. The molecule has 1 aliphatic rings. The monoisotopic (exact) mass is 397 g/mol. The number of hydrogen-bond donors (Lipinski definition) is 1. The van der Waals surface area contributed by atoms with Gasteiger partial charge in [0.2, 0.25) is 5.91 Å². The van der Waals surface area contributed by atoms with Crippen molar-refractivity contribution >= 4 is 17.5 Å². The molecule has 7 nitrogen and oxygen atoms in total. The molecule has 1 atom stereocenters. The van der Waals surface area contributed by atoms with Gasteiger partial charge in [0, 0.05) is 31.9 Å². The van der Waals surface area contributed by atoms with Crippen molar-refractivity contribution in [3.63, 3.8) is 0 Å². The molecule has 154 valence electrons. The highest BCUT2D eigenvalue weighted by Crippen LogP contribution is 2.28. The molecule has 0 radical (unpaired) electrons. The molecule has 0 aliphatic carbocycles. The Bertz CT molecular complexity index is 826. The van der Waals surface area contributed by atoms with Gasteiger partial charge in [0.25, 0.3) is 5.91 Å². The average molecular weight is 397 g/mol. The predicted molar refractivity (Wildman–Crippen MR) is 112 cm³/mol. The lowest BCUT2D eigenvalue weighted by Crippen LogP contribution is -2.54. The Kier molecular flexibility index (Phi) is 6.59. The topological polar surface area (TPSA) is 71.1 Å². The number of rotatable bonds is 6. The van der Waals surface area contributed by atoms with Crippen molar-refractivity contribution in [3.8, 4) is 11.5 Å². The summed E-state index contributed by atoms with van der Waals surface area (Å²) < 4.78 is 10.6. The molecule has 7 heteroatoms. The van der Waals surface area contributed by atoms with Crippen LogP contribution in [0.25, 0.3) is 0 Å². The van der Waals surface area contributed by atoms with Crippen LogP contribution in [0.2, 0.25) is 0 Å². The van der Waals surface area contributed by atoms with Crippen LogP contribution in [0.3, 0.4) is 0 Å². The summed E-state index contributed by atoms with van der Waals surface area (Å²) in [6.45, 7) is 4.46. The highest BCUT2D eigenvalue weighted by molar-refractivity contribution is 6.01. The Morgan fingerprint density at radius 2 is 1.48 bits per heavy atom. The molecule has 2 aromatic rings. The molecule has 2 amide bonds. The second kappa shape index (κ2) is 9.32. The van der Waals surface area contributed by atoms with Crippen molar-refractivity contribution in [3.05, 3.63) is 54.1 Å². The lowest BCUT2D eigenvalue weighted by molar-refractivity contribution is -0.133. The Labute approximate surface area is 171 Å². The van der Waals surface area contributed by atoms with Crippen molar-refractivity contribution in [2.45, 2.75) is 13.0 Å². The minimum atomic E-state index is -0.652. The summed E-state index contributed by atoms with van der Waals surface area (Å²) in [6.07, 6.45) is 0. The predicted octanol–water partition coefficient (Wildman–Crippen LogP) is 2.17. The van der Waals surface area contributed by atoms with Gasteiger partial charge in [-0.25, -0.2) is 0 Å². The first-order chi connectivity index (χ1) is 14.0. The molecule has 0 aromatic heterocycles. The molecule has 0 unspecified atom stereocenters. The van der Waals surface area contributed by atoms with Crippen molar-refractivity contribution in [2.75, 3.05) is 45.3 Å². The van der Waals surface area contributed by atoms with Crippen LogP contribution in [0.1, 0.15) is 17.3 Å². The smallest absolute Gasteiger partial charge is 0.259 e. The van der Waals surface area contributed by atoms with E-state index in [1.54, 1.807) is 30.0 Å². The lowest BCUT2D eigenvalue weighted by atomic mass is 10.1. The van der Waals surface area contributed by atoms with Crippen LogP contribution in [0.4, 0.5) is 5.69 Å². The van der Waals surface area contributed by atoms with Crippen LogP contribution in [-0.2, 0) is 4.79 Å². The number of nitrogens with one attached hydrogen (secondary N) is 1. The van der Waals surface area contributed by atoms with Crippen LogP contribution in [0, 0.1) is 0 Å². The van der Waals surface area contributed by atoms with Crippen LogP contribution in [0.5, 0.6) is 11.5 Å². The minimum Gasteiger partial charge on any atom is -0.496 e. The minimum absolute atomic E-state index is 0.0973. The zero-order valence-corrected chi connectivity index (χ0v) is 17.1. The highest BCUT2D eigenvalue weighted by atomic mass is 16.5. The number of carbonyl (C=O) groups is 2. The van der Waals surface area contributed by atoms with Crippen LogP contribution in [0.15, 0.2) is 48.5 Å². The van der Waals surface area contributed by atoms with Gasteiger partial charge >= 0.3 is 0 Å². The van der Waals surface area contributed by atoms with E-state index in [1.807, 2.05) is 18.2 Å². The number of benzene rings is 2. The highest BCUT2D eigenvalue weighted by Gasteiger charge is 2.28. The molecule has 0 saturated carbocycles. The number of carbonyl (C=O) groups excluding carboxylic acids is 2. The zero-order chi connectivity index (χ0) is 20.8. The van der Waals surface area contributed by atoms with E-state index >= 15 is 0 Å². The molecule has 3 rings (SSSR count). The maximum atomic E-state index is 12.8. The van der Waals surface area contributed by atoms with Gasteiger partial charge in [-0.05, 0) is 31.2 Å². The van der Waals surface area contributed by atoms with E-state index in [4.69, 9.17) is 9.47 Å². The number of para-hydroxylation sites is 1. The molecule has 1 aliphatic heterocycles. The Morgan fingerprint density at radius 3 is 2.03 bits per heavy atom. The van der Waals surface area contributed by atoms with Crippen molar-refractivity contribution in [1.29, 1.82) is 0 Å². The number of ether oxygens (including phenoxy) is 2. The summed E-state index contributed by atoms with van der Waals surface area (Å²) in [5.41, 5.74) is 1.44. The number of nitrogens with zero attached hydrogens (tertiary/aromatic N) is 2. The molecule has 1 heterocycles. The quantitative estimate of drug-likeness (QED) is 0.809. The summed E-state index contributed by atoms with van der Waals surface area (Å²) in [5, 5.41) is 2.78. The summed E-state index contributed by atoms with van der Waals surface area (Å²) in [5.74, 6) is 0.305. The molecule has 1 N–H and O–H groups in total. The summed E-state index contributed by atoms with van der Waals surface area (Å²) in [4.78, 5) is 29.7. The number of methoxy groups -OCH3 is 2. The number of anilines is 1. The summed E-state index contributed by atoms with van der Waals surface area (Å²) in [7, 11) is 2.98. The van der Waals surface area contributed by atoms with E-state index in [2.05, 4.69) is 22.3 Å². The third-order valence-electron chi connectivity index (χ3n) is 5.09. The fourth-order valence-corrected chi connectivity index (χ4v) is 3.50. The van der Waals surface area contributed by atoms with Gasteiger partial charge in [-0.3, -0.25) is 9.59 Å². The second-order valence-electron chi connectivity index (χ2n) is 6.88. The fourth-order valence-electron chi connectivity index (χ4n) is 3.50. The molecule has 1 saturated heterocycles. The van der Waals surface area contributed by atoms with E-state index in [1.165, 1.54) is 14.2 Å². The van der Waals surface area contributed by atoms with Gasteiger partial charge in [-0.2, -0.15) is 0 Å². The van der Waals surface area contributed by atoms with Gasteiger partial charge in [0.1, 0.15) is 23.1 Å². The van der Waals surface area contributed by atoms with Gasteiger partial charge < -0.3 is 24.6 Å². The van der Waals surface area contributed by atoms with Crippen molar-refractivity contribution in [2.24, 2.45) is 0 Å².